The molecule has 0 aromatic carbocycles. The molecule has 3 heterocycles. The first-order valence-corrected chi connectivity index (χ1v) is 8.25. The highest BCUT2D eigenvalue weighted by molar-refractivity contribution is 5.41. The summed E-state index contributed by atoms with van der Waals surface area (Å²) < 4.78 is 5.12. The number of anilines is 1. The van der Waals surface area contributed by atoms with E-state index in [4.69, 9.17) is 4.42 Å². The van der Waals surface area contributed by atoms with Gasteiger partial charge in [0.05, 0.1) is 12.5 Å². The number of aromatic nitrogens is 1. The summed E-state index contributed by atoms with van der Waals surface area (Å²) in [6, 6.07) is 6.77. The Bertz CT molecular complexity index is 561. The van der Waals surface area contributed by atoms with E-state index in [-0.39, 0.29) is 0 Å². The first kappa shape index (κ1) is 15.1. The van der Waals surface area contributed by atoms with E-state index in [0.29, 0.717) is 6.04 Å². The molecular weight excluding hydrogens is 274 g/mol. The Morgan fingerprint density at radius 3 is 2.86 bits per heavy atom. The minimum absolute atomic E-state index is 0.421. The van der Waals surface area contributed by atoms with Crippen molar-refractivity contribution < 1.29 is 4.42 Å². The van der Waals surface area contributed by atoms with Crippen LogP contribution in [0.25, 0.3) is 0 Å². The number of nitrogens with one attached hydrogen (secondary N) is 1. The first-order chi connectivity index (χ1) is 10.8. The molecule has 118 valence electrons. The van der Waals surface area contributed by atoms with Crippen LogP contribution in [-0.2, 0) is 13.0 Å². The van der Waals surface area contributed by atoms with Crippen LogP contribution in [0.4, 0.5) is 5.82 Å². The smallest absolute Gasteiger partial charge is 0.128 e. The second-order valence-electron chi connectivity index (χ2n) is 6.19. The van der Waals surface area contributed by atoms with E-state index in [9.17, 15) is 0 Å². The number of furan rings is 1. The van der Waals surface area contributed by atoms with Gasteiger partial charge in [0, 0.05) is 31.9 Å². The molecule has 1 aliphatic heterocycles. The summed E-state index contributed by atoms with van der Waals surface area (Å²) in [7, 11) is 0. The minimum Gasteiger partial charge on any atom is -0.472 e. The second kappa shape index (κ2) is 7.45. The van der Waals surface area contributed by atoms with Crippen molar-refractivity contribution in [3.05, 3.63) is 48.0 Å². The van der Waals surface area contributed by atoms with Gasteiger partial charge in [-0.3, -0.25) is 0 Å². The third-order valence-electron chi connectivity index (χ3n) is 4.27. The van der Waals surface area contributed by atoms with E-state index in [1.165, 1.54) is 30.4 Å². The van der Waals surface area contributed by atoms with Gasteiger partial charge < -0.3 is 14.6 Å². The van der Waals surface area contributed by atoms with Crippen LogP contribution in [0.1, 0.15) is 37.3 Å². The standard InChI is InChI=1S/C18H25N3O/c1-15(11-17-6-10-22-14-17)20-13-16-5-7-19-18(12-16)21-8-3-2-4-9-21/h5-7,10,12,14-15,20H,2-4,8-9,11,13H2,1H3. The van der Waals surface area contributed by atoms with Gasteiger partial charge in [-0.1, -0.05) is 0 Å². The first-order valence-electron chi connectivity index (χ1n) is 8.25. The highest BCUT2D eigenvalue weighted by atomic mass is 16.3. The maximum atomic E-state index is 5.12. The Morgan fingerprint density at radius 2 is 2.09 bits per heavy atom. The zero-order chi connectivity index (χ0) is 15.2. The van der Waals surface area contributed by atoms with E-state index >= 15 is 0 Å². The van der Waals surface area contributed by atoms with E-state index in [2.05, 4.69) is 34.3 Å². The zero-order valence-electron chi connectivity index (χ0n) is 13.3. The molecular formula is C18H25N3O. The van der Waals surface area contributed by atoms with Crippen LogP contribution in [-0.4, -0.2) is 24.1 Å². The Hall–Kier alpha value is -1.81. The number of hydrogen-bond acceptors (Lipinski definition) is 4. The molecule has 1 unspecified atom stereocenters. The van der Waals surface area contributed by atoms with Crippen LogP contribution in [0.2, 0.25) is 0 Å². The van der Waals surface area contributed by atoms with Gasteiger partial charge in [-0.15, -0.1) is 0 Å². The van der Waals surface area contributed by atoms with Crippen LogP contribution >= 0.6 is 0 Å². The predicted octanol–water partition coefficient (Wildman–Crippen LogP) is 3.39. The second-order valence-corrected chi connectivity index (χ2v) is 6.19. The number of rotatable bonds is 6. The van der Waals surface area contributed by atoms with Gasteiger partial charge >= 0.3 is 0 Å². The third-order valence-corrected chi connectivity index (χ3v) is 4.27. The Balaban J connectivity index is 1.53. The molecule has 0 radical (unpaired) electrons. The van der Waals surface area contributed by atoms with Crippen molar-refractivity contribution >= 4 is 5.82 Å². The minimum atomic E-state index is 0.421. The molecule has 1 saturated heterocycles. The molecule has 1 atom stereocenters. The molecule has 0 saturated carbocycles. The normalized spacial score (nSPS) is 16.7. The predicted molar refractivity (Wildman–Crippen MR) is 89.0 cm³/mol. The molecule has 22 heavy (non-hydrogen) atoms. The van der Waals surface area contributed by atoms with Gasteiger partial charge in [0.1, 0.15) is 5.82 Å². The summed E-state index contributed by atoms with van der Waals surface area (Å²) in [5, 5.41) is 3.58. The van der Waals surface area contributed by atoms with E-state index in [1.54, 1.807) is 6.26 Å². The summed E-state index contributed by atoms with van der Waals surface area (Å²) in [6.45, 7) is 5.36. The molecule has 0 bridgehead atoms. The fourth-order valence-corrected chi connectivity index (χ4v) is 2.99. The molecule has 1 aliphatic rings. The van der Waals surface area contributed by atoms with Crippen LogP contribution in [0.15, 0.2) is 41.3 Å². The molecule has 0 spiro atoms. The van der Waals surface area contributed by atoms with Gasteiger partial charge in [-0.2, -0.15) is 0 Å². The SMILES string of the molecule is CC(Cc1ccoc1)NCc1ccnc(N2CCCCC2)c1. The lowest BCUT2D eigenvalue weighted by molar-refractivity contribution is 0.532. The van der Waals surface area contributed by atoms with Crippen molar-refractivity contribution in [1.82, 2.24) is 10.3 Å². The summed E-state index contributed by atoms with van der Waals surface area (Å²) in [5.74, 6) is 1.13. The summed E-state index contributed by atoms with van der Waals surface area (Å²) >= 11 is 0. The lowest BCUT2D eigenvalue weighted by Crippen LogP contribution is -2.30. The number of nitrogens with zero attached hydrogens (tertiary/aromatic N) is 2. The summed E-state index contributed by atoms with van der Waals surface area (Å²) in [5.41, 5.74) is 2.54. The van der Waals surface area contributed by atoms with Gasteiger partial charge in [0.25, 0.3) is 0 Å². The average molecular weight is 299 g/mol. The maximum absolute atomic E-state index is 5.12. The maximum Gasteiger partial charge on any atom is 0.128 e. The van der Waals surface area contributed by atoms with Crippen molar-refractivity contribution in [2.24, 2.45) is 0 Å². The number of piperidine rings is 1. The van der Waals surface area contributed by atoms with Crippen molar-refractivity contribution in [1.29, 1.82) is 0 Å². The van der Waals surface area contributed by atoms with Crippen molar-refractivity contribution in [3.8, 4) is 0 Å². The van der Waals surface area contributed by atoms with Crippen LogP contribution in [0, 0.1) is 0 Å². The quantitative estimate of drug-likeness (QED) is 0.888. The lowest BCUT2D eigenvalue weighted by atomic mass is 10.1. The average Bonchev–Trinajstić information content (AvgIpc) is 3.07. The molecule has 1 N–H and O–H groups in total. The Labute approximate surface area is 132 Å². The summed E-state index contributed by atoms with van der Waals surface area (Å²) in [4.78, 5) is 6.94. The lowest BCUT2D eigenvalue weighted by Gasteiger charge is -2.28. The van der Waals surface area contributed by atoms with Gasteiger partial charge in [0.2, 0.25) is 0 Å². The Morgan fingerprint density at radius 1 is 1.23 bits per heavy atom. The van der Waals surface area contributed by atoms with Crippen LogP contribution in [0.3, 0.4) is 0 Å². The molecule has 3 rings (SSSR count). The fraction of sp³-hybridized carbons (Fsp3) is 0.500. The van der Waals surface area contributed by atoms with Crippen molar-refractivity contribution in [2.75, 3.05) is 18.0 Å². The molecule has 1 fully saturated rings. The van der Waals surface area contributed by atoms with E-state index < -0.39 is 0 Å². The summed E-state index contributed by atoms with van der Waals surface area (Å²) in [6.07, 6.45) is 10.4. The number of pyridine rings is 1. The number of hydrogen-bond donors (Lipinski definition) is 1. The largest absolute Gasteiger partial charge is 0.472 e. The molecule has 2 aromatic rings. The molecule has 0 aliphatic carbocycles. The van der Waals surface area contributed by atoms with Crippen molar-refractivity contribution in [3.63, 3.8) is 0 Å². The zero-order valence-corrected chi connectivity index (χ0v) is 13.3. The van der Waals surface area contributed by atoms with Crippen LogP contribution < -0.4 is 10.2 Å². The van der Waals surface area contributed by atoms with Gasteiger partial charge in [-0.25, -0.2) is 4.98 Å². The molecule has 4 nitrogen and oxygen atoms in total. The highest BCUT2D eigenvalue weighted by Gasteiger charge is 2.12. The molecule has 4 heteroatoms. The fourth-order valence-electron chi connectivity index (χ4n) is 2.99. The molecule has 0 amide bonds. The Kier molecular flexibility index (Phi) is 5.11. The van der Waals surface area contributed by atoms with Gasteiger partial charge in [-0.05, 0) is 61.9 Å². The van der Waals surface area contributed by atoms with E-state index in [1.807, 2.05) is 18.5 Å². The van der Waals surface area contributed by atoms with Crippen LogP contribution in [0.5, 0.6) is 0 Å². The van der Waals surface area contributed by atoms with Crippen molar-refractivity contribution in [2.45, 2.75) is 45.2 Å². The highest BCUT2D eigenvalue weighted by Crippen LogP contribution is 2.18. The topological polar surface area (TPSA) is 41.3 Å². The van der Waals surface area contributed by atoms with E-state index in [0.717, 1.165) is 31.9 Å². The van der Waals surface area contributed by atoms with Gasteiger partial charge in [0.15, 0.2) is 0 Å². The third kappa shape index (κ3) is 4.10. The monoisotopic (exact) mass is 299 g/mol. The molecule has 2 aromatic heterocycles.